The van der Waals surface area contributed by atoms with Crippen LogP contribution in [0.3, 0.4) is 0 Å². The lowest BCUT2D eigenvalue weighted by molar-refractivity contribution is 0.125. The third kappa shape index (κ3) is 5.50. The summed E-state index contributed by atoms with van der Waals surface area (Å²) in [6.45, 7) is 6.59. The van der Waals surface area contributed by atoms with Crippen LogP contribution in [-0.2, 0) is 0 Å². The molecule has 0 spiro atoms. The van der Waals surface area contributed by atoms with Crippen molar-refractivity contribution in [2.45, 2.75) is 32.3 Å². The van der Waals surface area contributed by atoms with E-state index in [0.717, 1.165) is 18.9 Å². The number of rotatable bonds is 5. The molecule has 1 N–H and O–H groups in total. The normalized spacial score (nSPS) is 22.2. The zero-order valence-corrected chi connectivity index (χ0v) is 10.4. The third-order valence-corrected chi connectivity index (χ3v) is 3.19. The summed E-state index contributed by atoms with van der Waals surface area (Å²) in [5.74, 6) is 0.878. The van der Waals surface area contributed by atoms with E-state index in [0.29, 0.717) is 0 Å². The van der Waals surface area contributed by atoms with Crippen LogP contribution in [-0.4, -0.2) is 61.3 Å². The Morgan fingerprint density at radius 3 is 2.40 bits per heavy atom. The Bertz CT molecular complexity index is 163. The molecule has 1 aliphatic heterocycles. The summed E-state index contributed by atoms with van der Waals surface area (Å²) in [5, 5.41) is 9.22. The molecule has 1 heterocycles. The van der Waals surface area contributed by atoms with Gasteiger partial charge in [-0.1, -0.05) is 0 Å². The molecule has 0 aromatic heterocycles. The minimum Gasteiger partial charge on any atom is -0.393 e. The van der Waals surface area contributed by atoms with Gasteiger partial charge in [-0.3, -0.25) is 0 Å². The predicted octanol–water partition coefficient (Wildman–Crippen LogP) is 1.03. The molecule has 1 saturated heterocycles. The molecule has 0 aromatic carbocycles. The number of aliphatic hydroxyl groups is 1. The van der Waals surface area contributed by atoms with Gasteiger partial charge in [0.25, 0.3) is 0 Å². The molecule has 1 unspecified atom stereocenters. The van der Waals surface area contributed by atoms with Crippen LogP contribution in [0.5, 0.6) is 0 Å². The minimum absolute atomic E-state index is 0.149. The second-order valence-electron chi connectivity index (χ2n) is 5.18. The van der Waals surface area contributed by atoms with Gasteiger partial charge in [0, 0.05) is 13.1 Å². The van der Waals surface area contributed by atoms with Crippen molar-refractivity contribution in [3.63, 3.8) is 0 Å². The SMILES string of the molecule is CC(O)CCN1CCC(CN(C)C)CC1. The number of hydrogen-bond acceptors (Lipinski definition) is 3. The van der Waals surface area contributed by atoms with E-state index in [1.165, 1.54) is 32.5 Å². The van der Waals surface area contributed by atoms with Gasteiger partial charge in [0.2, 0.25) is 0 Å². The summed E-state index contributed by atoms with van der Waals surface area (Å²) >= 11 is 0. The van der Waals surface area contributed by atoms with Crippen molar-refractivity contribution in [2.24, 2.45) is 5.92 Å². The first-order valence-electron chi connectivity index (χ1n) is 6.13. The van der Waals surface area contributed by atoms with E-state index in [1.54, 1.807) is 0 Å². The summed E-state index contributed by atoms with van der Waals surface area (Å²) in [4.78, 5) is 4.77. The summed E-state index contributed by atoms with van der Waals surface area (Å²) < 4.78 is 0. The van der Waals surface area contributed by atoms with Gasteiger partial charge in [0.05, 0.1) is 6.10 Å². The molecule has 0 saturated carbocycles. The fourth-order valence-electron chi connectivity index (χ4n) is 2.28. The van der Waals surface area contributed by atoms with Crippen LogP contribution in [0.25, 0.3) is 0 Å². The Labute approximate surface area is 94.1 Å². The highest BCUT2D eigenvalue weighted by molar-refractivity contribution is 4.74. The van der Waals surface area contributed by atoms with Gasteiger partial charge >= 0.3 is 0 Å². The molecular weight excluding hydrogens is 188 g/mol. The number of likely N-dealkylation sites (tertiary alicyclic amines) is 1. The lowest BCUT2D eigenvalue weighted by Crippen LogP contribution is -2.38. The van der Waals surface area contributed by atoms with Crippen molar-refractivity contribution in [3.05, 3.63) is 0 Å². The second-order valence-corrected chi connectivity index (χ2v) is 5.18. The summed E-state index contributed by atoms with van der Waals surface area (Å²) in [7, 11) is 4.31. The summed E-state index contributed by atoms with van der Waals surface area (Å²) in [6, 6.07) is 0. The minimum atomic E-state index is -0.149. The van der Waals surface area contributed by atoms with Gasteiger partial charge in [0.15, 0.2) is 0 Å². The highest BCUT2D eigenvalue weighted by Crippen LogP contribution is 2.17. The van der Waals surface area contributed by atoms with Gasteiger partial charge < -0.3 is 14.9 Å². The molecule has 15 heavy (non-hydrogen) atoms. The molecule has 0 amide bonds. The Morgan fingerprint density at radius 1 is 1.33 bits per heavy atom. The molecule has 1 rings (SSSR count). The van der Waals surface area contributed by atoms with Gasteiger partial charge in [-0.05, 0) is 59.3 Å². The Hall–Kier alpha value is -0.120. The maximum absolute atomic E-state index is 9.22. The number of piperidine rings is 1. The Morgan fingerprint density at radius 2 is 1.93 bits per heavy atom. The zero-order chi connectivity index (χ0) is 11.3. The van der Waals surface area contributed by atoms with Gasteiger partial charge in [0.1, 0.15) is 0 Å². The largest absolute Gasteiger partial charge is 0.393 e. The van der Waals surface area contributed by atoms with Crippen molar-refractivity contribution in [1.29, 1.82) is 0 Å². The first kappa shape index (κ1) is 12.9. The van der Waals surface area contributed by atoms with Gasteiger partial charge in [-0.15, -0.1) is 0 Å². The van der Waals surface area contributed by atoms with E-state index in [1.807, 2.05) is 6.92 Å². The first-order chi connectivity index (χ1) is 7.08. The Kier molecular flexibility index (Phi) is 5.58. The van der Waals surface area contributed by atoms with Crippen LogP contribution in [0, 0.1) is 5.92 Å². The van der Waals surface area contributed by atoms with Crippen LogP contribution in [0.1, 0.15) is 26.2 Å². The Balaban J connectivity index is 2.12. The quantitative estimate of drug-likeness (QED) is 0.740. The van der Waals surface area contributed by atoms with E-state index in [4.69, 9.17) is 0 Å². The fraction of sp³-hybridized carbons (Fsp3) is 1.00. The van der Waals surface area contributed by atoms with Crippen LogP contribution in [0.15, 0.2) is 0 Å². The molecule has 0 aliphatic carbocycles. The maximum atomic E-state index is 9.22. The van der Waals surface area contributed by atoms with Crippen molar-refractivity contribution in [1.82, 2.24) is 9.80 Å². The van der Waals surface area contributed by atoms with Crippen molar-refractivity contribution in [2.75, 3.05) is 40.3 Å². The molecular formula is C12H26N2O. The molecule has 3 heteroatoms. The summed E-state index contributed by atoms with van der Waals surface area (Å²) in [5.41, 5.74) is 0. The van der Waals surface area contributed by atoms with Crippen LogP contribution in [0.4, 0.5) is 0 Å². The molecule has 3 nitrogen and oxygen atoms in total. The molecule has 1 fully saturated rings. The third-order valence-electron chi connectivity index (χ3n) is 3.19. The van der Waals surface area contributed by atoms with Gasteiger partial charge in [-0.25, -0.2) is 0 Å². The first-order valence-corrected chi connectivity index (χ1v) is 6.13. The predicted molar refractivity (Wildman–Crippen MR) is 64.0 cm³/mol. The lowest BCUT2D eigenvalue weighted by Gasteiger charge is -2.33. The van der Waals surface area contributed by atoms with Crippen molar-refractivity contribution in [3.8, 4) is 0 Å². The molecule has 0 radical (unpaired) electrons. The monoisotopic (exact) mass is 214 g/mol. The summed E-state index contributed by atoms with van der Waals surface area (Å²) in [6.07, 6.45) is 3.40. The standard InChI is InChI=1S/C12H26N2O/c1-11(15)4-7-14-8-5-12(6-9-14)10-13(2)3/h11-12,15H,4-10H2,1-3H3. The number of hydrogen-bond donors (Lipinski definition) is 1. The highest BCUT2D eigenvalue weighted by Gasteiger charge is 2.19. The van der Waals surface area contributed by atoms with E-state index < -0.39 is 0 Å². The molecule has 90 valence electrons. The average Bonchev–Trinajstić information content (AvgIpc) is 2.16. The van der Waals surface area contributed by atoms with Gasteiger partial charge in [-0.2, -0.15) is 0 Å². The highest BCUT2D eigenvalue weighted by atomic mass is 16.3. The molecule has 1 aliphatic rings. The lowest BCUT2D eigenvalue weighted by atomic mass is 9.96. The average molecular weight is 214 g/mol. The van der Waals surface area contributed by atoms with Crippen LogP contribution < -0.4 is 0 Å². The van der Waals surface area contributed by atoms with Crippen LogP contribution >= 0.6 is 0 Å². The second kappa shape index (κ2) is 6.46. The van der Waals surface area contributed by atoms with Crippen molar-refractivity contribution < 1.29 is 5.11 Å². The molecule has 0 aromatic rings. The van der Waals surface area contributed by atoms with Crippen molar-refractivity contribution >= 4 is 0 Å². The van der Waals surface area contributed by atoms with E-state index in [9.17, 15) is 5.11 Å². The van der Waals surface area contributed by atoms with Crippen LogP contribution in [0.2, 0.25) is 0 Å². The van der Waals surface area contributed by atoms with E-state index in [-0.39, 0.29) is 6.10 Å². The topological polar surface area (TPSA) is 26.7 Å². The number of nitrogens with zero attached hydrogens (tertiary/aromatic N) is 2. The molecule has 0 bridgehead atoms. The van der Waals surface area contributed by atoms with E-state index >= 15 is 0 Å². The fourth-order valence-corrected chi connectivity index (χ4v) is 2.28. The molecule has 1 atom stereocenters. The maximum Gasteiger partial charge on any atom is 0.0524 e. The van der Waals surface area contributed by atoms with E-state index in [2.05, 4.69) is 23.9 Å². The zero-order valence-electron chi connectivity index (χ0n) is 10.4. The number of aliphatic hydroxyl groups excluding tert-OH is 1. The smallest absolute Gasteiger partial charge is 0.0524 e.